The van der Waals surface area contributed by atoms with Gasteiger partial charge in [-0.2, -0.15) is 0 Å². The van der Waals surface area contributed by atoms with Crippen molar-refractivity contribution in [2.45, 2.75) is 12.3 Å². The summed E-state index contributed by atoms with van der Waals surface area (Å²) in [5, 5.41) is 14.1. The number of aromatic nitrogens is 1. The molecule has 0 radical (unpaired) electrons. The molecule has 12 rings (SSSR count). The second-order valence-corrected chi connectivity index (χ2v) is 14.7. The van der Waals surface area contributed by atoms with Gasteiger partial charge in [0.05, 0.1) is 16.7 Å². The highest BCUT2D eigenvalue weighted by Crippen LogP contribution is 2.44. The number of benzene rings is 8. The lowest BCUT2D eigenvalue weighted by molar-refractivity contribution is 0.409. The van der Waals surface area contributed by atoms with Gasteiger partial charge in [-0.25, -0.2) is 4.99 Å². The highest BCUT2D eigenvalue weighted by atomic mass is 16.3. The summed E-state index contributed by atoms with van der Waals surface area (Å²) in [7, 11) is 0. The minimum atomic E-state index is -0.223. The molecule has 270 valence electrons. The van der Waals surface area contributed by atoms with Gasteiger partial charge in [-0.05, 0) is 70.8 Å². The lowest BCUT2D eigenvalue weighted by Crippen LogP contribution is -2.44. The fourth-order valence-electron chi connectivity index (χ4n) is 8.94. The largest absolute Gasteiger partial charge is 0.456 e. The van der Waals surface area contributed by atoms with Crippen LogP contribution in [0.1, 0.15) is 29.0 Å². The van der Waals surface area contributed by atoms with Crippen molar-refractivity contribution in [3.05, 3.63) is 199 Å². The van der Waals surface area contributed by atoms with Crippen molar-refractivity contribution in [2.75, 3.05) is 0 Å². The quantitative estimate of drug-likeness (QED) is 0.185. The molecule has 3 aromatic heterocycles. The minimum absolute atomic E-state index is 0.129. The maximum Gasteiger partial charge on any atom is 0.159 e. The van der Waals surface area contributed by atoms with Crippen molar-refractivity contribution in [1.29, 1.82) is 0 Å². The smallest absolute Gasteiger partial charge is 0.159 e. The predicted molar refractivity (Wildman–Crippen MR) is 232 cm³/mol. The number of hydrogen-bond donors (Lipinski definition) is 2. The van der Waals surface area contributed by atoms with E-state index in [-0.39, 0.29) is 12.3 Å². The number of fused-ring (bicyclic) bond motifs is 9. The third-order valence-electron chi connectivity index (χ3n) is 11.5. The molecule has 0 amide bonds. The van der Waals surface area contributed by atoms with E-state index in [0.717, 1.165) is 94.3 Å². The zero-order valence-electron chi connectivity index (χ0n) is 30.7. The van der Waals surface area contributed by atoms with Crippen LogP contribution in [0, 0.1) is 0 Å². The Morgan fingerprint density at radius 3 is 1.79 bits per heavy atom. The molecule has 0 fully saturated rings. The van der Waals surface area contributed by atoms with E-state index in [4.69, 9.17) is 13.8 Å². The summed E-state index contributed by atoms with van der Waals surface area (Å²) in [5.41, 5.74) is 12.1. The molecule has 2 N–H and O–H groups in total. The first kappa shape index (κ1) is 31.9. The third kappa shape index (κ3) is 4.98. The van der Waals surface area contributed by atoms with Gasteiger partial charge in [0, 0.05) is 37.9 Å². The van der Waals surface area contributed by atoms with Crippen molar-refractivity contribution in [2.24, 2.45) is 4.99 Å². The van der Waals surface area contributed by atoms with Crippen molar-refractivity contribution in [3.63, 3.8) is 0 Å². The van der Waals surface area contributed by atoms with Crippen LogP contribution in [-0.2, 0) is 0 Å². The Morgan fingerprint density at radius 1 is 0.474 bits per heavy atom. The first-order valence-electron chi connectivity index (χ1n) is 19.4. The molecule has 2 unspecified atom stereocenters. The van der Waals surface area contributed by atoms with Gasteiger partial charge in [0.15, 0.2) is 5.58 Å². The second kappa shape index (κ2) is 12.6. The van der Waals surface area contributed by atoms with Crippen molar-refractivity contribution in [3.8, 4) is 16.8 Å². The highest BCUT2D eigenvalue weighted by molar-refractivity contribution is 6.21. The Hall–Kier alpha value is -7.41. The Bertz CT molecular complexity index is 3320. The summed E-state index contributed by atoms with van der Waals surface area (Å²) in [6, 6.07) is 63.7. The fourth-order valence-corrected chi connectivity index (χ4v) is 8.94. The molecule has 6 heteroatoms. The minimum Gasteiger partial charge on any atom is -0.456 e. The molecule has 0 aliphatic carbocycles. The molecule has 8 aromatic carbocycles. The van der Waals surface area contributed by atoms with E-state index in [1.165, 1.54) is 10.8 Å². The Morgan fingerprint density at radius 2 is 1.07 bits per heavy atom. The van der Waals surface area contributed by atoms with Crippen LogP contribution in [-0.4, -0.2) is 10.4 Å². The Labute approximate surface area is 327 Å². The monoisotopic (exact) mass is 734 g/mol. The molecule has 2 atom stereocenters. The number of nitrogens with one attached hydrogen (secondary N) is 2. The molecule has 0 spiro atoms. The van der Waals surface area contributed by atoms with Crippen LogP contribution in [0.15, 0.2) is 196 Å². The van der Waals surface area contributed by atoms with Crippen LogP contribution >= 0.6 is 0 Å². The zero-order chi connectivity index (χ0) is 37.5. The molecule has 6 nitrogen and oxygen atoms in total. The number of rotatable bonds is 5. The Kier molecular flexibility index (Phi) is 7.03. The van der Waals surface area contributed by atoms with E-state index in [1.54, 1.807) is 0 Å². The number of aliphatic imine (C=N–C) groups is 1. The van der Waals surface area contributed by atoms with E-state index in [2.05, 4.69) is 185 Å². The molecule has 1 aliphatic rings. The number of hydrogen-bond acceptors (Lipinski definition) is 5. The molecule has 0 saturated heterocycles. The summed E-state index contributed by atoms with van der Waals surface area (Å²) in [5.74, 6) is 0.825. The van der Waals surface area contributed by atoms with Crippen molar-refractivity contribution >= 4 is 71.5 Å². The lowest BCUT2D eigenvalue weighted by atomic mass is 9.95. The van der Waals surface area contributed by atoms with E-state index < -0.39 is 0 Å². The fraction of sp³-hybridized carbons (Fsp3) is 0.0392. The maximum atomic E-state index is 6.87. The molecule has 1 aliphatic heterocycles. The number of nitrogens with zero attached hydrogens (tertiary/aromatic N) is 2. The second-order valence-electron chi connectivity index (χ2n) is 14.7. The van der Waals surface area contributed by atoms with Crippen LogP contribution in [0.2, 0.25) is 0 Å². The number of para-hydroxylation sites is 3. The normalized spacial score (nSPS) is 15.9. The summed E-state index contributed by atoms with van der Waals surface area (Å²) in [6.07, 6.45) is -0.352. The van der Waals surface area contributed by atoms with Crippen LogP contribution in [0.25, 0.3) is 82.5 Å². The van der Waals surface area contributed by atoms with Gasteiger partial charge >= 0.3 is 0 Å². The van der Waals surface area contributed by atoms with Crippen LogP contribution in [0.4, 0.5) is 0 Å². The molecule has 0 bridgehead atoms. The van der Waals surface area contributed by atoms with Gasteiger partial charge < -0.3 is 18.7 Å². The third-order valence-corrected chi connectivity index (χ3v) is 11.5. The van der Waals surface area contributed by atoms with Crippen LogP contribution in [0.3, 0.4) is 0 Å². The molecule has 0 saturated carbocycles. The van der Waals surface area contributed by atoms with E-state index >= 15 is 0 Å². The first-order valence-corrected chi connectivity index (χ1v) is 19.4. The zero-order valence-corrected chi connectivity index (χ0v) is 30.7. The average Bonchev–Trinajstić information content (AvgIpc) is 3.96. The van der Waals surface area contributed by atoms with Gasteiger partial charge in [0.25, 0.3) is 0 Å². The van der Waals surface area contributed by atoms with Gasteiger partial charge in [-0.3, -0.25) is 5.32 Å². The lowest BCUT2D eigenvalue weighted by Gasteiger charge is -2.32. The topological polar surface area (TPSA) is 67.6 Å². The maximum absolute atomic E-state index is 6.87. The van der Waals surface area contributed by atoms with Crippen LogP contribution < -0.4 is 10.6 Å². The summed E-state index contributed by atoms with van der Waals surface area (Å²) >= 11 is 0. The summed E-state index contributed by atoms with van der Waals surface area (Å²) in [6.45, 7) is 0. The standard InChI is InChI=1S/C51H34N4O2/c1-3-14-31(15-4-1)49-52-50(32-16-5-2-6-17-32)54-51(53-49)33-28-29-43-39(30-33)47-37(21-12-26-44(47)56-43)36-20-13-27-45-46(36)38-22-11-25-42(48(38)57-45)55-40-23-9-7-18-34(40)35-19-8-10-24-41(35)55/h1-30,49-50,52H,(H,53,54). The molecule has 11 aromatic rings. The van der Waals surface area contributed by atoms with Gasteiger partial charge in [-0.15, -0.1) is 0 Å². The number of furan rings is 2. The van der Waals surface area contributed by atoms with E-state index in [1.807, 2.05) is 12.1 Å². The van der Waals surface area contributed by atoms with Gasteiger partial charge in [0.1, 0.15) is 34.9 Å². The summed E-state index contributed by atoms with van der Waals surface area (Å²) in [4.78, 5) is 5.23. The van der Waals surface area contributed by atoms with Crippen LogP contribution in [0.5, 0.6) is 0 Å². The average molecular weight is 735 g/mol. The molecule has 4 heterocycles. The van der Waals surface area contributed by atoms with E-state index in [9.17, 15) is 0 Å². The Balaban J connectivity index is 1.04. The highest BCUT2D eigenvalue weighted by Gasteiger charge is 2.26. The molecular weight excluding hydrogens is 701 g/mol. The van der Waals surface area contributed by atoms with Crippen molar-refractivity contribution < 1.29 is 8.83 Å². The van der Waals surface area contributed by atoms with Gasteiger partial charge in [0.2, 0.25) is 0 Å². The molecular formula is C51H34N4O2. The molecule has 57 heavy (non-hydrogen) atoms. The number of amidine groups is 1. The van der Waals surface area contributed by atoms with Gasteiger partial charge in [-0.1, -0.05) is 133 Å². The predicted octanol–water partition coefficient (Wildman–Crippen LogP) is 12.6. The van der Waals surface area contributed by atoms with E-state index in [0.29, 0.717) is 0 Å². The SMILES string of the molecule is c1ccc(C2N=C(c3ccc4oc5cccc(-c6cccc7oc8c(-n9c%10ccccc%10c%10ccccc%109)cccc8c67)c5c4c3)NC(c3ccccc3)N2)cc1. The van der Waals surface area contributed by atoms with Crippen molar-refractivity contribution in [1.82, 2.24) is 15.2 Å². The summed E-state index contributed by atoms with van der Waals surface area (Å²) < 4.78 is 15.8. The first-order chi connectivity index (χ1) is 28.3.